The second-order valence-corrected chi connectivity index (χ2v) is 10.2. The maximum absolute atomic E-state index is 13.0. The fourth-order valence-corrected chi connectivity index (χ4v) is 4.43. The van der Waals surface area contributed by atoms with Gasteiger partial charge in [-0.05, 0) is 28.9 Å². The van der Waals surface area contributed by atoms with Crippen LogP contribution in [-0.2, 0) is 4.79 Å². The minimum Gasteiger partial charge on any atom is -0.326 e. The van der Waals surface area contributed by atoms with Crippen molar-refractivity contribution in [2.45, 2.75) is 59.4 Å². The number of hydrogen-bond acceptors (Lipinski definition) is 5. The highest BCUT2D eigenvalue weighted by molar-refractivity contribution is 7.18. The Morgan fingerprint density at radius 2 is 1.41 bits per heavy atom. The zero-order chi connectivity index (χ0) is 24.8. The molecule has 2 aromatic carbocycles. The first kappa shape index (κ1) is 25.4. The molecule has 0 bridgehead atoms. The minimum absolute atomic E-state index is 0.128. The molecular weight excluding hydrogens is 446 g/mol. The third-order valence-corrected chi connectivity index (χ3v) is 6.41. The summed E-state index contributed by atoms with van der Waals surface area (Å²) < 4.78 is 0. The topological polar surface area (TPSA) is 96.0 Å². The Morgan fingerprint density at radius 3 is 1.97 bits per heavy atom. The molecule has 1 aromatic heterocycles. The van der Waals surface area contributed by atoms with E-state index in [1.54, 1.807) is 0 Å². The first-order valence-corrected chi connectivity index (χ1v) is 12.4. The van der Waals surface area contributed by atoms with Crippen LogP contribution in [0.25, 0.3) is 10.6 Å². The molecule has 3 N–H and O–H groups in total. The van der Waals surface area contributed by atoms with Gasteiger partial charge in [0.05, 0.1) is 0 Å². The van der Waals surface area contributed by atoms with Crippen LogP contribution in [0, 0.1) is 5.92 Å². The molecule has 34 heavy (non-hydrogen) atoms. The number of carbonyl (C=O) groups is 2. The molecule has 1 atom stereocenters. The molecule has 8 heteroatoms. The largest absolute Gasteiger partial charge is 0.326 e. The van der Waals surface area contributed by atoms with Gasteiger partial charge in [-0.2, -0.15) is 0 Å². The van der Waals surface area contributed by atoms with Crippen molar-refractivity contribution in [3.63, 3.8) is 0 Å². The third kappa shape index (κ3) is 6.20. The fourth-order valence-electron chi connectivity index (χ4n) is 3.68. The molecule has 1 unspecified atom stereocenters. The van der Waals surface area contributed by atoms with Crippen molar-refractivity contribution in [2.24, 2.45) is 5.92 Å². The van der Waals surface area contributed by atoms with Gasteiger partial charge in [-0.3, -0.25) is 10.1 Å². The van der Waals surface area contributed by atoms with Crippen molar-refractivity contribution in [2.75, 3.05) is 10.6 Å². The Morgan fingerprint density at radius 1 is 0.794 bits per heavy atom. The van der Waals surface area contributed by atoms with Gasteiger partial charge in [-0.25, -0.2) is 4.79 Å². The van der Waals surface area contributed by atoms with Crippen LogP contribution in [0.5, 0.6) is 0 Å². The highest BCUT2D eigenvalue weighted by Gasteiger charge is 2.26. The quantitative estimate of drug-likeness (QED) is 0.356. The predicted octanol–water partition coefficient (Wildman–Crippen LogP) is 6.24. The van der Waals surface area contributed by atoms with Gasteiger partial charge < -0.3 is 10.6 Å². The van der Waals surface area contributed by atoms with Crippen LogP contribution in [0.3, 0.4) is 0 Å². The lowest BCUT2D eigenvalue weighted by molar-refractivity contribution is -0.118. The summed E-state index contributed by atoms with van der Waals surface area (Å²) in [6.45, 7) is 12.2. The maximum atomic E-state index is 13.0. The second-order valence-electron chi connectivity index (χ2n) is 9.21. The van der Waals surface area contributed by atoms with Gasteiger partial charge in [-0.15, -0.1) is 10.2 Å². The van der Waals surface area contributed by atoms with Crippen molar-refractivity contribution in [3.8, 4) is 10.6 Å². The Labute approximate surface area is 205 Å². The van der Waals surface area contributed by atoms with E-state index in [1.165, 1.54) is 11.3 Å². The number of anilines is 2. The highest BCUT2D eigenvalue weighted by atomic mass is 32.1. The molecule has 0 spiro atoms. The van der Waals surface area contributed by atoms with Gasteiger partial charge in [0.25, 0.3) is 0 Å². The Kier molecular flexibility index (Phi) is 8.39. The van der Waals surface area contributed by atoms with E-state index in [2.05, 4.69) is 53.8 Å². The molecule has 3 amide bonds. The molecule has 0 saturated heterocycles. The molecule has 0 aliphatic heterocycles. The summed E-state index contributed by atoms with van der Waals surface area (Å²) in [5.41, 5.74) is 3.87. The number of benzene rings is 2. The molecule has 1 heterocycles. The van der Waals surface area contributed by atoms with E-state index in [1.807, 2.05) is 62.4 Å². The van der Waals surface area contributed by atoms with Crippen LogP contribution in [0.15, 0.2) is 48.5 Å². The molecule has 0 fully saturated rings. The third-order valence-electron chi connectivity index (χ3n) is 5.52. The van der Waals surface area contributed by atoms with Crippen LogP contribution in [-0.4, -0.2) is 28.2 Å². The SMILES string of the molecule is CC(C)c1cccc(C(C)C)c1NC(=O)NC(C(=O)Nc1nnc(-c2ccccc2)s1)C(C)C. The van der Waals surface area contributed by atoms with Crippen LogP contribution in [0.4, 0.5) is 15.6 Å². The summed E-state index contributed by atoms with van der Waals surface area (Å²) in [5.74, 6) is 0.0307. The lowest BCUT2D eigenvalue weighted by atomic mass is 9.93. The number of hydrogen-bond donors (Lipinski definition) is 3. The van der Waals surface area contributed by atoms with Gasteiger partial charge >= 0.3 is 6.03 Å². The zero-order valence-electron chi connectivity index (χ0n) is 20.5. The number of nitrogens with zero attached hydrogens (tertiary/aromatic N) is 2. The number of urea groups is 1. The zero-order valence-corrected chi connectivity index (χ0v) is 21.4. The lowest BCUT2D eigenvalue weighted by Gasteiger charge is -2.24. The van der Waals surface area contributed by atoms with E-state index in [4.69, 9.17) is 0 Å². The van der Waals surface area contributed by atoms with Crippen LogP contribution in [0.1, 0.15) is 64.5 Å². The average Bonchev–Trinajstić information content (AvgIpc) is 3.26. The van der Waals surface area contributed by atoms with Crippen molar-refractivity contribution < 1.29 is 9.59 Å². The second kappa shape index (κ2) is 11.2. The first-order chi connectivity index (χ1) is 16.2. The summed E-state index contributed by atoms with van der Waals surface area (Å²) in [7, 11) is 0. The molecule has 0 radical (unpaired) electrons. The number of para-hydroxylation sites is 1. The van der Waals surface area contributed by atoms with E-state index in [9.17, 15) is 9.59 Å². The molecule has 3 rings (SSSR count). The van der Waals surface area contributed by atoms with Crippen LogP contribution < -0.4 is 16.0 Å². The van der Waals surface area contributed by atoms with E-state index < -0.39 is 12.1 Å². The van der Waals surface area contributed by atoms with Gasteiger partial charge in [0.2, 0.25) is 11.0 Å². The van der Waals surface area contributed by atoms with Crippen molar-refractivity contribution in [3.05, 3.63) is 59.7 Å². The van der Waals surface area contributed by atoms with Gasteiger partial charge in [0.1, 0.15) is 11.0 Å². The molecule has 7 nitrogen and oxygen atoms in total. The van der Waals surface area contributed by atoms with E-state index in [-0.39, 0.29) is 23.7 Å². The van der Waals surface area contributed by atoms with Gasteiger partial charge in [0, 0.05) is 11.3 Å². The minimum atomic E-state index is -0.738. The Hall–Kier alpha value is -3.26. The monoisotopic (exact) mass is 479 g/mol. The number of aromatic nitrogens is 2. The van der Waals surface area contributed by atoms with Crippen molar-refractivity contribution in [1.82, 2.24) is 15.5 Å². The molecule has 0 aliphatic carbocycles. The number of carbonyl (C=O) groups excluding carboxylic acids is 2. The van der Waals surface area contributed by atoms with Crippen molar-refractivity contribution >= 4 is 34.1 Å². The average molecular weight is 480 g/mol. The molecular formula is C26H33N5O2S. The maximum Gasteiger partial charge on any atom is 0.319 e. The summed E-state index contributed by atoms with van der Waals surface area (Å²) in [4.78, 5) is 26.0. The van der Waals surface area contributed by atoms with Gasteiger partial charge in [-0.1, -0.05) is 101 Å². The molecule has 3 aromatic rings. The Bertz CT molecular complexity index is 1100. The molecule has 180 valence electrons. The summed E-state index contributed by atoms with van der Waals surface area (Å²) in [5, 5.41) is 18.0. The van der Waals surface area contributed by atoms with E-state index >= 15 is 0 Å². The van der Waals surface area contributed by atoms with E-state index in [0.717, 1.165) is 22.4 Å². The van der Waals surface area contributed by atoms with Crippen LogP contribution in [0.2, 0.25) is 0 Å². The number of rotatable bonds is 8. The number of amides is 3. The smallest absolute Gasteiger partial charge is 0.319 e. The summed E-state index contributed by atoms with van der Waals surface area (Å²) in [6.07, 6.45) is 0. The van der Waals surface area contributed by atoms with Crippen LogP contribution >= 0.6 is 11.3 Å². The molecule has 0 saturated carbocycles. The standard InChI is InChI=1S/C26H33N5O2S/c1-15(2)19-13-10-14-20(16(3)4)22(19)28-25(33)27-21(17(5)6)23(32)29-26-31-30-24(34-26)18-11-8-7-9-12-18/h7-17,21H,1-6H3,(H2,27,28,33)(H,29,31,32). The molecule has 0 aliphatic rings. The normalized spacial score (nSPS) is 12.1. The fraction of sp³-hybridized carbons (Fsp3) is 0.385. The predicted molar refractivity (Wildman–Crippen MR) is 139 cm³/mol. The Balaban J connectivity index is 1.73. The summed E-state index contributed by atoms with van der Waals surface area (Å²) >= 11 is 1.29. The number of nitrogens with one attached hydrogen (secondary N) is 3. The lowest BCUT2D eigenvalue weighted by Crippen LogP contribution is -2.48. The van der Waals surface area contributed by atoms with Crippen molar-refractivity contribution in [1.29, 1.82) is 0 Å². The first-order valence-electron chi connectivity index (χ1n) is 11.6. The van der Waals surface area contributed by atoms with E-state index in [0.29, 0.717) is 10.1 Å². The highest BCUT2D eigenvalue weighted by Crippen LogP contribution is 2.32. The summed E-state index contributed by atoms with van der Waals surface area (Å²) in [6, 6.07) is 14.6. The van der Waals surface area contributed by atoms with Gasteiger partial charge in [0.15, 0.2) is 0 Å².